The lowest BCUT2D eigenvalue weighted by molar-refractivity contribution is -0.148. The zero-order chi connectivity index (χ0) is 17.0. The monoisotopic (exact) mass is 326 g/mol. The molecule has 3 atom stereocenters. The molecule has 0 aromatic heterocycles. The van der Waals surface area contributed by atoms with E-state index in [2.05, 4.69) is 5.32 Å². The maximum absolute atomic E-state index is 12.1. The summed E-state index contributed by atoms with van der Waals surface area (Å²) in [5.41, 5.74) is 4.35. The largest absolute Gasteiger partial charge is 0.480 e. The second-order valence-electron chi connectivity index (χ2n) is 5.99. The summed E-state index contributed by atoms with van der Waals surface area (Å²) in [6.45, 7) is -1.29. The number of aliphatic carboxylic acids is 1. The van der Waals surface area contributed by atoms with Crippen LogP contribution in [0.15, 0.2) is 0 Å². The molecule has 1 rings (SSSR count). The summed E-state index contributed by atoms with van der Waals surface area (Å²) in [5.74, 6) is -1.91. The lowest BCUT2D eigenvalue weighted by Crippen LogP contribution is -2.60. The van der Waals surface area contributed by atoms with Gasteiger partial charge in [0, 0.05) is 12.5 Å². The van der Waals surface area contributed by atoms with Gasteiger partial charge >= 0.3 is 19.3 Å². The third kappa shape index (κ3) is 5.75. The fourth-order valence-electron chi connectivity index (χ4n) is 3.01. The normalized spacial score (nSPS) is 29.4. The molecule has 6 nitrogen and oxygen atoms in total. The van der Waals surface area contributed by atoms with E-state index < -0.39 is 37.3 Å². The number of hydrogen-bond acceptors (Lipinski definition) is 5. The van der Waals surface area contributed by atoms with Crippen molar-refractivity contribution in [3.05, 3.63) is 0 Å². The van der Waals surface area contributed by atoms with Gasteiger partial charge in [-0.15, -0.1) is 0 Å². The van der Waals surface area contributed by atoms with Crippen molar-refractivity contribution in [1.82, 2.24) is 5.32 Å². The van der Waals surface area contributed by atoms with Crippen LogP contribution in [-0.2, 0) is 4.79 Å². The first-order valence-corrected chi connectivity index (χ1v) is 7.20. The molecule has 0 unspecified atom stereocenters. The van der Waals surface area contributed by atoms with Crippen LogP contribution in [0.3, 0.4) is 0 Å². The highest BCUT2D eigenvalue weighted by atomic mass is 19.4. The molecule has 6 N–H and O–H groups in total. The van der Waals surface area contributed by atoms with Gasteiger partial charge in [-0.05, 0) is 31.5 Å². The molecular weight excluding hydrogens is 304 g/mol. The van der Waals surface area contributed by atoms with Crippen LogP contribution in [0.2, 0.25) is 6.32 Å². The van der Waals surface area contributed by atoms with E-state index in [1.165, 1.54) is 0 Å². The van der Waals surface area contributed by atoms with Crippen molar-refractivity contribution in [2.75, 3.05) is 13.1 Å². The van der Waals surface area contributed by atoms with Gasteiger partial charge in [0.25, 0.3) is 0 Å². The Bertz CT molecular complexity index is 384. The summed E-state index contributed by atoms with van der Waals surface area (Å²) in [7, 11) is -1.46. The van der Waals surface area contributed by atoms with Crippen LogP contribution in [0.1, 0.15) is 25.7 Å². The van der Waals surface area contributed by atoms with E-state index in [0.717, 1.165) is 0 Å². The fraction of sp³-hybridized carbons (Fsp3) is 0.917. The molecule has 0 bridgehead atoms. The number of hydrogen-bond donors (Lipinski definition) is 5. The Balaban J connectivity index is 2.61. The van der Waals surface area contributed by atoms with Crippen molar-refractivity contribution in [3.8, 4) is 0 Å². The first-order valence-electron chi connectivity index (χ1n) is 7.20. The molecule has 0 heterocycles. The second-order valence-corrected chi connectivity index (χ2v) is 5.99. The van der Waals surface area contributed by atoms with Gasteiger partial charge in [0.2, 0.25) is 0 Å². The van der Waals surface area contributed by atoms with Crippen molar-refractivity contribution >= 4 is 13.1 Å². The number of rotatable bonds is 7. The van der Waals surface area contributed by atoms with Gasteiger partial charge in [0.1, 0.15) is 5.54 Å². The molecule has 22 heavy (non-hydrogen) atoms. The highest BCUT2D eigenvalue weighted by Crippen LogP contribution is 2.38. The van der Waals surface area contributed by atoms with Crippen LogP contribution in [-0.4, -0.2) is 53.0 Å². The summed E-state index contributed by atoms with van der Waals surface area (Å²) in [6.07, 6.45) is -2.69. The molecular formula is C12H22BF3N2O4. The highest BCUT2D eigenvalue weighted by Gasteiger charge is 2.46. The van der Waals surface area contributed by atoms with Crippen LogP contribution in [0.25, 0.3) is 0 Å². The molecule has 0 aromatic carbocycles. The molecule has 0 saturated heterocycles. The molecule has 0 aromatic rings. The molecule has 0 spiro atoms. The number of alkyl halides is 3. The fourth-order valence-corrected chi connectivity index (χ4v) is 3.01. The van der Waals surface area contributed by atoms with Gasteiger partial charge in [-0.1, -0.05) is 6.42 Å². The van der Waals surface area contributed by atoms with Crippen molar-refractivity contribution in [1.29, 1.82) is 0 Å². The Hall–Kier alpha value is -0.835. The topological polar surface area (TPSA) is 116 Å². The minimum absolute atomic E-state index is 0.0817. The summed E-state index contributed by atoms with van der Waals surface area (Å²) in [4.78, 5) is 11.5. The average molecular weight is 326 g/mol. The smallest absolute Gasteiger partial charge is 0.451 e. The number of nitrogens with one attached hydrogen (secondary N) is 1. The van der Waals surface area contributed by atoms with E-state index >= 15 is 0 Å². The molecule has 0 aliphatic heterocycles. The van der Waals surface area contributed by atoms with Gasteiger partial charge < -0.3 is 26.2 Å². The van der Waals surface area contributed by atoms with Crippen LogP contribution < -0.4 is 11.1 Å². The Labute approximate surface area is 127 Å². The van der Waals surface area contributed by atoms with Crippen LogP contribution >= 0.6 is 0 Å². The molecule has 10 heteroatoms. The number of carboxylic acid groups (broad SMARTS) is 1. The lowest BCUT2D eigenvalue weighted by atomic mass is 9.66. The van der Waals surface area contributed by atoms with Crippen LogP contribution in [0.4, 0.5) is 13.2 Å². The van der Waals surface area contributed by atoms with Gasteiger partial charge in [-0.3, -0.25) is 4.79 Å². The molecule has 1 aliphatic carbocycles. The first kappa shape index (κ1) is 19.2. The zero-order valence-electron chi connectivity index (χ0n) is 12.1. The van der Waals surface area contributed by atoms with Crippen LogP contribution in [0.5, 0.6) is 0 Å². The molecule has 0 amide bonds. The van der Waals surface area contributed by atoms with Gasteiger partial charge in [-0.2, -0.15) is 13.2 Å². The third-order valence-corrected chi connectivity index (χ3v) is 4.23. The number of carboxylic acids is 1. The number of halogens is 3. The Morgan fingerprint density at radius 1 is 1.36 bits per heavy atom. The van der Waals surface area contributed by atoms with Crippen molar-refractivity contribution in [2.24, 2.45) is 17.6 Å². The van der Waals surface area contributed by atoms with Gasteiger partial charge in [0.15, 0.2) is 0 Å². The molecule has 1 saturated carbocycles. The molecule has 0 radical (unpaired) electrons. The Kier molecular flexibility index (Phi) is 6.66. The van der Waals surface area contributed by atoms with Crippen LogP contribution in [0, 0.1) is 11.8 Å². The van der Waals surface area contributed by atoms with Crippen molar-refractivity contribution in [2.45, 2.75) is 43.7 Å². The zero-order valence-corrected chi connectivity index (χ0v) is 12.1. The van der Waals surface area contributed by atoms with E-state index in [1.54, 1.807) is 0 Å². The second kappa shape index (κ2) is 7.63. The van der Waals surface area contributed by atoms with Crippen molar-refractivity contribution in [3.63, 3.8) is 0 Å². The summed E-state index contributed by atoms with van der Waals surface area (Å²) in [6, 6.07) is 0. The quantitative estimate of drug-likeness (QED) is 0.427. The average Bonchev–Trinajstić information content (AvgIpc) is 2.37. The molecule has 1 fully saturated rings. The minimum Gasteiger partial charge on any atom is -0.480 e. The predicted molar refractivity (Wildman–Crippen MR) is 73.9 cm³/mol. The van der Waals surface area contributed by atoms with E-state index in [1.807, 2.05) is 0 Å². The maximum Gasteiger partial charge on any atom is 0.451 e. The Morgan fingerprint density at radius 2 is 2.00 bits per heavy atom. The van der Waals surface area contributed by atoms with E-state index in [9.17, 15) is 23.1 Å². The predicted octanol–water partition coefficient (Wildman–Crippen LogP) is 0.200. The highest BCUT2D eigenvalue weighted by molar-refractivity contribution is 6.40. The molecule has 128 valence electrons. The summed E-state index contributed by atoms with van der Waals surface area (Å²) in [5, 5.41) is 29.3. The number of nitrogens with two attached hydrogens (primary N) is 1. The van der Waals surface area contributed by atoms with E-state index in [-0.39, 0.29) is 25.2 Å². The van der Waals surface area contributed by atoms with Gasteiger partial charge in [0.05, 0.1) is 6.54 Å². The molecule has 1 aliphatic rings. The van der Waals surface area contributed by atoms with Gasteiger partial charge in [-0.25, -0.2) is 0 Å². The van der Waals surface area contributed by atoms with E-state index in [4.69, 9.17) is 15.8 Å². The minimum atomic E-state index is -4.35. The SMILES string of the molecule is N[C@@]1(C(=O)O)C[C@@H](CCB(O)O)CC[C@@H]1CNCC(F)(F)F. The van der Waals surface area contributed by atoms with E-state index in [0.29, 0.717) is 19.3 Å². The lowest BCUT2D eigenvalue weighted by Gasteiger charge is -2.41. The Morgan fingerprint density at radius 3 is 2.50 bits per heavy atom. The maximum atomic E-state index is 12.1. The summed E-state index contributed by atoms with van der Waals surface area (Å²) >= 11 is 0. The number of carbonyl (C=O) groups is 1. The third-order valence-electron chi connectivity index (χ3n) is 4.23. The first-order chi connectivity index (χ1) is 10.0. The summed E-state index contributed by atoms with van der Waals surface area (Å²) < 4.78 is 36.4. The van der Waals surface area contributed by atoms with Crippen molar-refractivity contribution < 1.29 is 33.1 Å². The standard InChI is InChI=1S/C12H22BF3N2O4/c14-12(15,16)7-18-6-9-2-1-8(3-4-13(21)22)5-11(9,17)10(19)20/h8-9,18,21-22H,1-7,17H2,(H,19,20)/t8-,9-,11+/m1/s1.